The largest absolute Gasteiger partial charge is 0.310 e. The highest BCUT2D eigenvalue weighted by Gasteiger charge is 2.16. The van der Waals surface area contributed by atoms with Gasteiger partial charge in [0.2, 0.25) is 0 Å². The number of rotatable bonds is 3. The van der Waals surface area contributed by atoms with Crippen molar-refractivity contribution in [3.63, 3.8) is 0 Å². The van der Waals surface area contributed by atoms with Crippen molar-refractivity contribution in [3.05, 3.63) is 48.2 Å². The Morgan fingerprint density at radius 2 is 1.95 bits per heavy atom. The lowest BCUT2D eigenvalue weighted by atomic mass is 10.0. The second-order valence-corrected chi connectivity index (χ2v) is 7.44. The summed E-state index contributed by atoms with van der Waals surface area (Å²) in [6.07, 6.45) is 5.38. The van der Waals surface area contributed by atoms with Crippen molar-refractivity contribution >= 4 is 9.84 Å². The van der Waals surface area contributed by atoms with Crippen LogP contribution in [0.2, 0.25) is 0 Å². The predicted octanol–water partition coefficient (Wildman–Crippen LogP) is 2.58. The average molecular weight is 302 g/mol. The van der Waals surface area contributed by atoms with E-state index in [1.807, 2.05) is 24.4 Å². The van der Waals surface area contributed by atoms with Crippen LogP contribution in [0.3, 0.4) is 0 Å². The topological polar surface area (TPSA) is 59.1 Å². The van der Waals surface area contributed by atoms with Crippen LogP contribution in [0.15, 0.2) is 47.5 Å². The van der Waals surface area contributed by atoms with Gasteiger partial charge < -0.3 is 5.32 Å². The summed E-state index contributed by atoms with van der Waals surface area (Å²) in [6.45, 7) is 1.06. The lowest BCUT2D eigenvalue weighted by molar-refractivity contribution is 0.602. The Morgan fingerprint density at radius 3 is 2.57 bits per heavy atom. The van der Waals surface area contributed by atoms with E-state index in [-0.39, 0.29) is 0 Å². The van der Waals surface area contributed by atoms with E-state index in [1.54, 1.807) is 12.1 Å². The number of sulfone groups is 1. The van der Waals surface area contributed by atoms with Crippen molar-refractivity contribution in [1.82, 2.24) is 10.3 Å². The molecule has 0 saturated carbocycles. The number of nitrogens with zero attached hydrogens (tertiary/aromatic N) is 1. The van der Waals surface area contributed by atoms with Gasteiger partial charge in [-0.3, -0.25) is 4.98 Å². The summed E-state index contributed by atoms with van der Waals surface area (Å²) in [6, 6.07) is 11.4. The van der Waals surface area contributed by atoms with Gasteiger partial charge >= 0.3 is 0 Å². The quantitative estimate of drug-likeness (QED) is 0.946. The summed E-state index contributed by atoms with van der Waals surface area (Å²) in [5.74, 6) is 0. The van der Waals surface area contributed by atoms with Gasteiger partial charge in [0.1, 0.15) is 0 Å². The van der Waals surface area contributed by atoms with Crippen molar-refractivity contribution in [2.75, 3.05) is 12.8 Å². The molecule has 110 valence electrons. The molecule has 1 fully saturated rings. The van der Waals surface area contributed by atoms with Crippen LogP contribution in [-0.4, -0.2) is 26.2 Å². The van der Waals surface area contributed by atoms with Gasteiger partial charge in [-0.1, -0.05) is 12.1 Å². The third-order valence-corrected chi connectivity index (χ3v) is 4.95. The highest BCUT2D eigenvalue weighted by Crippen LogP contribution is 2.26. The Morgan fingerprint density at radius 1 is 1.19 bits per heavy atom. The molecule has 0 spiro atoms. The van der Waals surface area contributed by atoms with Gasteiger partial charge in [0.05, 0.1) is 10.6 Å². The maximum atomic E-state index is 11.5. The fourth-order valence-corrected chi connectivity index (χ4v) is 3.29. The molecular formula is C16H18N2O2S. The number of benzene rings is 1. The van der Waals surface area contributed by atoms with Crippen molar-refractivity contribution < 1.29 is 8.42 Å². The van der Waals surface area contributed by atoms with E-state index in [1.165, 1.54) is 18.2 Å². The van der Waals surface area contributed by atoms with Crippen molar-refractivity contribution in [1.29, 1.82) is 0 Å². The Hall–Kier alpha value is -1.72. The van der Waals surface area contributed by atoms with Gasteiger partial charge in [0.25, 0.3) is 0 Å². The van der Waals surface area contributed by atoms with Gasteiger partial charge in [-0.25, -0.2) is 8.42 Å². The monoisotopic (exact) mass is 302 g/mol. The molecule has 1 saturated heterocycles. The second kappa shape index (κ2) is 5.58. The Bertz CT molecular complexity index is 733. The smallest absolute Gasteiger partial charge is 0.175 e. The average Bonchev–Trinajstić information content (AvgIpc) is 3.01. The van der Waals surface area contributed by atoms with E-state index in [0.717, 1.165) is 24.2 Å². The third-order valence-electron chi connectivity index (χ3n) is 3.82. The molecule has 0 bridgehead atoms. The van der Waals surface area contributed by atoms with E-state index in [9.17, 15) is 8.42 Å². The summed E-state index contributed by atoms with van der Waals surface area (Å²) in [4.78, 5) is 4.73. The van der Waals surface area contributed by atoms with Crippen molar-refractivity contribution in [3.8, 4) is 11.3 Å². The standard InChI is InChI=1S/C16H18N2O2S/c1-21(19,20)14-6-4-12(5-7-14)16-11-13(8-10-18-16)15-3-2-9-17-15/h4-8,10-11,15,17H,2-3,9H2,1H3. The summed E-state index contributed by atoms with van der Waals surface area (Å²) >= 11 is 0. The zero-order valence-corrected chi connectivity index (χ0v) is 12.7. The molecule has 1 aromatic heterocycles. The SMILES string of the molecule is CS(=O)(=O)c1ccc(-c2cc(C3CCCN3)ccn2)cc1. The van der Waals surface area contributed by atoms with Gasteiger partial charge in [-0.15, -0.1) is 0 Å². The number of hydrogen-bond acceptors (Lipinski definition) is 4. The minimum absolute atomic E-state index is 0.333. The molecule has 3 rings (SSSR count). The van der Waals surface area contributed by atoms with Crippen LogP contribution in [0.5, 0.6) is 0 Å². The molecule has 2 aromatic rings. The Balaban J connectivity index is 1.91. The second-order valence-electron chi connectivity index (χ2n) is 5.42. The van der Waals surface area contributed by atoms with Crippen molar-refractivity contribution in [2.24, 2.45) is 0 Å². The molecule has 0 amide bonds. The molecule has 2 heterocycles. The Labute approximate surface area is 125 Å². The normalized spacial score (nSPS) is 18.8. The van der Waals surface area contributed by atoms with Gasteiger partial charge in [-0.05, 0) is 49.2 Å². The zero-order valence-electron chi connectivity index (χ0n) is 11.9. The molecule has 1 unspecified atom stereocenters. The summed E-state index contributed by atoms with van der Waals surface area (Å²) in [5.41, 5.74) is 3.05. The zero-order chi connectivity index (χ0) is 14.9. The van der Waals surface area contributed by atoms with Crippen LogP contribution in [0.25, 0.3) is 11.3 Å². The fourth-order valence-electron chi connectivity index (χ4n) is 2.66. The van der Waals surface area contributed by atoms with Gasteiger partial charge in [0.15, 0.2) is 9.84 Å². The molecule has 1 atom stereocenters. The minimum Gasteiger partial charge on any atom is -0.310 e. The maximum Gasteiger partial charge on any atom is 0.175 e. The van der Waals surface area contributed by atoms with Crippen LogP contribution in [0, 0.1) is 0 Å². The summed E-state index contributed by atoms with van der Waals surface area (Å²) in [5, 5.41) is 3.47. The van der Waals surface area contributed by atoms with Crippen LogP contribution in [-0.2, 0) is 9.84 Å². The van der Waals surface area contributed by atoms with Gasteiger partial charge in [0, 0.05) is 24.1 Å². The van der Waals surface area contributed by atoms with E-state index in [4.69, 9.17) is 0 Å². The van der Waals surface area contributed by atoms with E-state index in [0.29, 0.717) is 10.9 Å². The maximum absolute atomic E-state index is 11.5. The van der Waals surface area contributed by atoms with E-state index >= 15 is 0 Å². The summed E-state index contributed by atoms with van der Waals surface area (Å²) < 4.78 is 23.0. The molecular weight excluding hydrogens is 284 g/mol. The fraction of sp³-hybridized carbons (Fsp3) is 0.312. The first-order chi connectivity index (χ1) is 10.0. The number of pyridine rings is 1. The molecule has 0 aliphatic carbocycles. The van der Waals surface area contributed by atoms with Crippen LogP contribution >= 0.6 is 0 Å². The van der Waals surface area contributed by atoms with Gasteiger partial charge in [-0.2, -0.15) is 0 Å². The van der Waals surface area contributed by atoms with E-state index in [2.05, 4.69) is 16.4 Å². The molecule has 1 aliphatic rings. The number of hydrogen-bond donors (Lipinski definition) is 1. The van der Waals surface area contributed by atoms with Crippen LogP contribution in [0.4, 0.5) is 0 Å². The molecule has 1 aliphatic heterocycles. The predicted molar refractivity (Wildman–Crippen MR) is 82.8 cm³/mol. The lowest BCUT2D eigenvalue weighted by Crippen LogP contribution is -2.12. The number of nitrogens with one attached hydrogen (secondary N) is 1. The number of aromatic nitrogens is 1. The molecule has 1 N–H and O–H groups in total. The molecule has 4 nitrogen and oxygen atoms in total. The first-order valence-electron chi connectivity index (χ1n) is 7.04. The first-order valence-corrected chi connectivity index (χ1v) is 8.93. The highest BCUT2D eigenvalue weighted by molar-refractivity contribution is 7.90. The van der Waals surface area contributed by atoms with Crippen molar-refractivity contribution in [2.45, 2.75) is 23.8 Å². The molecule has 5 heteroatoms. The Kier molecular flexibility index (Phi) is 3.78. The third kappa shape index (κ3) is 3.14. The lowest BCUT2D eigenvalue weighted by Gasteiger charge is -2.11. The summed E-state index contributed by atoms with van der Waals surface area (Å²) in [7, 11) is -3.15. The first kappa shape index (κ1) is 14.2. The van der Waals surface area contributed by atoms with Crippen LogP contribution < -0.4 is 5.32 Å². The molecule has 0 radical (unpaired) electrons. The van der Waals surface area contributed by atoms with E-state index < -0.39 is 9.84 Å². The molecule has 21 heavy (non-hydrogen) atoms. The van der Waals surface area contributed by atoms with Crippen LogP contribution in [0.1, 0.15) is 24.4 Å². The highest BCUT2D eigenvalue weighted by atomic mass is 32.2. The minimum atomic E-state index is -3.15. The molecule has 1 aromatic carbocycles.